The molecular formula is C20H18N4O3. The smallest absolute Gasteiger partial charge is 0.261 e. The second-order valence-corrected chi connectivity index (χ2v) is 6.45. The van der Waals surface area contributed by atoms with E-state index in [0.29, 0.717) is 23.2 Å². The lowest BCUT2D eigenvalue weighted by atomic mass is 10.1. The van der Waals surface area contributed by atoms with Crippen molar-refractivity contribution in [3.63, 3.8) is 0 Å². The number of carbonyl (C=O) groups excluding carboxylic acids is 3. The van der Waals surface area contributed by atoms with E-state index in [0.717, 1.165) is 11.3 Å². The number of aromatic nitrogens is 2. The molecule has 0 saturated heterocycles. The third kappa shape index (κ3) is 2.97. The number of amides is 3. The molecule has 1 aliphatic rings. The topological polar surface area (TPSA) is 83.8 Å². The van der Waals surface area contributed by atoms with Crippen molar-refractivity contribution in [1.29, 1.82) is 0 Å². The van der Waals surface area contributed by atoms with Crippen molar-refractivity contribution in [2.75, 3.05) is 11.9 Å². The van der Waals surface area contributed by atoms with Gasteiger partial charge in [-0.25, -0.2) is 4.98 Å². The molecule has 4 rings (SSSR count). The van der Waals surface area contributed by atoms with Crippen molar-refractivity contribution in [1.82, 2.24) is 14.3 Å². The zero-order chi connectivity index (χ0) is 19.0. The Kier molecular flexibility index (Phi) is 4.19. The SMILES string of the molecule is Cc1c(NC(=O)CCCN2C(=O)c3ccccc3C2=O)ccc2nccn12. The highest BCUT2D eigenvalue weighted by Crippen LogP contribution is 2.23. The van der Waals surface area contributed by atoms with E-state index in [-0.39, 0.29) is 30.7 Å². The van der Waals surface area contributed by atoms with E-state index >= 15 is 0 Å². The van der Waals surface area contributed by atoms with Gasteiger partial charge in [0, 0.05) is 31.1 Å². The number of fused-ring (bicyclic) bond motifs is 2. The molecule has 0 spiro atoms. The number of nitrogens with zero attached hydrogens (tertiary/aromatic N) is 3. The third-order valence-electron chi connectivity index (χ3n) is 4.76. The molecule has 1 N–H and O–H groups in total. The average Bonchev–Trinajstić information content (AvgIpc) is 3.24. The van der Waals surface area contributed by atoms with E-state index in [1.54, 1.807) is 30.5 Å². The highest BCUT2D eigenvalue weighted by atomic mass is 16.2. The van der Waals surface area contributed by atoms with Gasteiger partial charge < -0.3 is 9.72 Å². The first-order valence-corrected chi connectivity index (χ1v) is 8.74. The van der Waals surface area contributed by atoms with Gasteiger partial charge in [0.2, 0.25) is 5.91 Å². The fraction of sp³-hybridized carbons (Fsp3) is 0.200. The highest BCUT2D eigenvalue weighted by molar-refractivity contribution is 6.21. The van der Waals surface area contributed by atoms with Crippen LogP contribution < -0.4 is 5.32 Å². The van der Waals surface area contributed by atoms with Gasteiger partial charge in [-0.15, -0.1) is 0 Å². The molecule has 0 fully saturated rings. The molecule has 136 valence electrons. The predicted octanol–water partition coefficient (Wildman–Crippen LogP) is 2.66. The maximum Gasteiger partial charge on any atom is 0.261 e. The maximum atomic E-state index is 12.3. The monoisotopic (exact) mass is 362 g/mol. The summed E-state index contributed by atoms with van der Waals surface area (Å²) in [5.74, 6) is -0.746. The average molecular weight is 362 g/mol. The van der Waals surface area contributed by atoms with Crippen LogP contribution in [-0.4, -0.2) is 38.6 Å². The molecule has 1 aliphatic heterocycles. The summed E-state index contributed by atoms with van der Waals surface area (Å²) in [6, 6.07) is 10.4. The number of hydrogen-bond acceptors (Lipinski definition) is 4. The number of rotatable bonds is 5. The minimum Gasteiger partial charge on any atom is -0.325 e. The number of imide groups is 1. The van der Waals surface area contributed by atoms with Crippen LogP contribution in [0.15, 0.2) is 48.8 Å². The Morgan fingerprint density at radius 2 is 1.78 bits per heavy atom. The molecule has 0 bridgehead atoms. The van der Waals surface area contributed by atoms with Crippen LogP contribution in [0.4, 0.5) is 5.69 Å². The Labute approximate surface area is 155 Å². The number of benzene rings is 1. The Morgan fingerprint density at radius 1 is 1.07 bits per heavy atom. The normalized spacial score (nSPS) is 13.3. The number of imidazole rings is 1. The van der Waals surface area contributed by atoms with Crippen LogP contribution in [0.2, 0.25) is 0 Å². The zero-order valence-corrected chi connectivity index (χ0v) is 14.8. The number of aryl methyl sites for hydroxylation is 1. The largest absolute Gasteiger partial charge is 0.325 e. The molecule has 0 saturated carbocycles. The van der Waals surface area contributed by atoms with E-state index in [9.17, 15) is 14.4 Å². The number of carbonyl (C=O) groups is 3. The third-order valence-corrected chi connectivity index (χ3v) is 4.76. The van der Waals surface area contributed by atoms with Crippen molar-refractivity contribution < 1.29 is 14.4 Å². The molecule has 7 nitrogen and oxygen atoms in total. The summed E-state index contributed by atoms with van der Waals surface area (Å²) in [7, 11) is 0. The van der Waals surface area contributed by atoms with Crippen molar-refractivity contribution >= 4 is 29.1 Å². The maximum absolute atomic E-state index is 12.3. The van der Waals surface area contributed by atoms with Gasteiger partial charge >= 0.3 is 0 Å². The molecule has 3 aromatic rings. The highest BCUT2D eigenvalue weighted by Gasteiger charge is 2.34. The summed E-state index contributed by atoms with van der Waals surface area (Å²) in [5, 5.41) is 2.88. The summed E-state index contributed by atoms with van der Waals surface area (Å²) in [6.07, 6.45) is 4.16. The molecule has 0 radical (unpaired) electrons. The molecule has 3 heterocycles. The Bertz CT molecular complexity index is 1040. The van der Waals surface area contributed by atoms with Crippen LogP contribution in [0.3, 0.4) is 0 Å². The van der Waals surface area contributed by atoms with Crippen molar-refractivity contribution in [3.8, 4) is 0 Å². The second-order valence-electron chi connectivity index (χ2n) is 6.45. The Morgan fingerprint density at radius 3 is 2.48 bits per heavy atom. The Balaban J connectivity index is 1.35. The molecule has 0 aliphatic carbocycles. The van der Waals surface area contributed by atoms with Gasteiger partial charge in [-0.1, -0.05) is 12.1 Å². The van der Waals surface area contributed by atoms with E-state index < -0.39 is 0 Å². The number of pyridine rings is 1. The van der Waals surface area contributed by atoms with Gasteiger partial charge in [-0.2, -0.15) is 0 Å². The minimum atomic E-state index is -0.294. The standard InChI is InChI=1S/C20H18N4O3/c1-13-16(8-9-17-21-10-12-23(13)17)22-18(25)7-4-11-24-19(26)14-5-2-3-6-15(14)20(24)27/h2-3,5-6,8-10,12H,4,7,11H2,1H3,(H,22,25). The van der Waals surface area contributed by atoms with Gasteiger partial charge in [-0.05, 0) is 37.6 Å². The first kappa shape index (κ1) is 17.0. The van der Waals surface area contributed by atoms with Crippen molar-refractivity contribution in [2.45, 2.75) is 19.8 Å². The van der Waals surface area contributed by atoms with Crippen molar-refractivity contribution in [2.24, 2.45) is 0 Å². The van der Waals surface area contributed by atoms with Gasteiger partial charge in [0.05, 0.1) is 16.8 Å². The van der Waals surface area contributed by atoms with Crippen LogP contribution >= 0.6 is 0 Å². The van der Waals surface area contributed by atoms with Gasteiger partial charge in [0.1, 0.15) is 5.65 Å². The van der Waals surface area contributed by atoms with Crippen LogP contribution in [0.5, 0.6) is 0 Å². The number of hydrogen-bond donors (Lipinski definition) is 1. The molecule has 3 amide bonds. The molecule has 7 heteroatoms. The molecule has 27 heavy (non-hydrogen) atoms. The summed E-state index contributed by atoms with van der Waals surface area (Å²) in [6.45, 7) is 2.13. The van der Waals surface area contributed by atoms with Gasteiger partial charge in [-0.3, -0.25) is 19.3 Å². The lowest BCUT2D eigenvalue weighted by Crippen LogP contribution is -2.31. The minimum absolute atomic E-state index is 0.158. The number of nitrogens with one attached hydrogen (secondary N) is 1. The van der Waals surface area contributed by atoms with E-state index in [2.05, 4.69) is 10.3 Å². The van der Waals surface area contributed by atoms with E-state index in [1.807, 2.05) is 29.7 Å². The first-order chi connectivity index (χ1) is 13.1. The summed E-state index contributed by atoms with van der Waals surface area (Å²) < 4.78 is 1.90. The molecule has 2 aromatic heterocycles. The Hall–Kier alpha value is -3.48. The van der Waals surface area contributed by atoms with Gasteiger partial charge in [0.15, 0.2) is 0 Å². The lowest BCUT2D eigenvalue weighted by molar-refractivity contribution is -0.116. The number of anilines is 1. The van der Waals surface area contributed by atoms with Crippen molar-refractivity contribution in [3.05, 3.63) is 65.6 Å². The molecule has 0 atom stereocenters. The quantitative estimate of drug-likeness (QED) is 0.707. The predicted molar refractivity (Wildman–Crippen MR) is 99.6 cm³/mol. The second kappa shape index (κ2) is 6.68. The van der Waals surface area contributed by atoms with Crippen LogP contribution in [0.1, 0.15) is 39.3 Å². The van der Waals surface area contributed by atoms with Crippen LogP contribution in [-0.2, 0) is 4.79 Å². The molecular weight excluding hydrogens is 344 g/mol. The fourth-order valence-corrected chi connectivity index (χ4v) is 3.31. The first-order valence-electron chi connectivity index (χ1n) is 8.74. The van der Waals surface area contributed by atoms with Crippen LogP contribution in [0, 0.1) is 6.92 Å². The lowest BCUT2D eigenvalue weighted by Gasteiger charge is -2.14. The van der Waals surface area contributed by atoms with E-state index in [4.69, 9.17) is 0 Å². The van der Waals surface area contributed by atoms with Crippen LogP contribution in [0.25, 0.3) is 5.65 Å². The summed E-state index contributed by atoms with van der Waals surface area (Å²) >= 11 is 0. The van der Waals surface area contributed by atoms with Gasteiger partial charge in [0.25, 0.3) is 11.8 Å². The molecule has 0 unspecified atom stereocenters. The summed E-state index contributed by atoms with van der Waals surface area (Å²) in [4.78, 5) is 42.3. The molecule has 1 aromatic carbocycles. The summed E-state index contributed by atoms with van der Waals surface area (Å²) in [5.41, 5.74) is 3.27. The van der Waals surface area contributed by atoms with E-state index in [1.165, 1.54) is 4.90 Å². The zero-order valence-electron chi connectivity index (χ0n) is 14.8. The fourth-order valence-electron chi connectivity index (χ4n) is 3.31.